The zero-order valence-electron chi connectivity index (χ0n) is 14.7. The fourth-order valence-electron chi connectivity index (χ4n) is 2.36. The lowest BCUT2D eigenvalue weighted by Crippen LogP contribution is -2.11. The highest BCUT2D eigenvalue weighted by Crippen LogP contribution is 2.27. The van der Waals surface area contributed by atoms with Crippen molar-refractivity contribution in [1.82, 2.24) is 0 Å². The second-order valence-corrected chi connectivity index (χ2v) is 6.02. The number of para-hydroxylation sites is 1. The maximum Gasteiger partial charge on any atom is 0.291 e. The van der Waals surface area contributed by atoms with Crippen LogP contribution >= 0.6 is 11.6 Å². The molecule has 0 aliphatic heterocycles. The number of ether oxygens (including phenoxy) is 2. The number of carbonyl (C=O) groups excluding carboxylic acids is 1. The summed E-state index contributed by atoms with van der Waals surface area (Å²) in [5.74, 6) is 0.629. The minimum atomic E-state index is -0.574. The first-order valence-electron chi connectivity index (χ1n) is 8.07. The largest absolute Gasteiger partial charge is 0.496 e. The third-order valence-corrected chi connectivity index (χ3v) is 4.00. The first-order chi connectivity index (χ1) is 13.5. The van der Waals surface area contributed by atoms with Crippen LogP contribution in [0.15, 0.2) is 59.0 Å². The molecule has 0 atom stereocenters. The number of hydrogen-bond donors (Lipinski definition) is 1. The summed E-state index contributed by atoms with van der Waals surface area (Å²) in [6.45, 7) is 0.0850. The van der Waals surface area contributed by atoms with Crippen molar-refractivity contribution in [3.63, 3.8) is 0 Å². The molecular weight excluding hydrogens is 388 g/mol. The average molecular weight is 403 g/mol. The molecule has 3 aromatic rings. The molecule has 0 radical (unpaired) electrons. The van der Waals surface area contributed by atoms with Gasteiger partial charge in [0, 0.05) is 12.1 Å². The molecule has 0 saturated carbocycles. The summed E-state index contributed by atoms with van der Waals surface area (Å²) in [4.78, 5) is 22.8. The molecule has 1 heterocycles. The van der Waals surface area contributed by atoms with E-state index in [-0.39, 0.29) is 29.5 Å². The molecule has 1 aromatic heterocycles. The van der Waals surface area contributed by atoms with Gasteiger partial charge in [0.15, 0.2) is 5.76 Å². The Labute approximate surface area is 164 Å². The Balaban J connectivity index is 1.68. The van der Waals surface area contributed by atoms with Gasteiger partial charge in [-0.15, -0.1) is 0 Å². The summed E-state index contributed by atoms with van der Waals surface area (Å²) < 4.78 is 16.0. The third kappa shape index (κ3) is 4.60. The second-order valence-electron chi connectivity index (χ2n) is 5.62. The van der Waals surface area contributed by atoms with Crippen LogP contribution in [0, 0.1) is 10.1 Å². The van der Waals surface area contributed by atoms with Gasteiger partial charge < -0.3 is 19.2 Å². The predicted octanol–water partition coefficient (Wildman–Crippen LogP) is 4.68. The quantitative estimate of drug-likeness (QED) is 0.454. The van der Waals surface area contributed by atoms with Crippen molar-refractivity contribution in [2.24, 2.45) is 0 Å². The fourth-order valence-corrected chi connectivity index (χ4v) is 2.55. The molecule has 9 heteroatoms. The lowest BCUT2D eigenvalue weighted by Gasteiger charge is -2.07. The highest BCUT2D eigenvalue weighted by Gasteiger charge is 2.16. The molecule has 3 rings (SSSR count). The van der Waals surface area contributed by atoms with Crippen molar-refractivity contribution < 1.29 is 23.6 Å². The van der Waals surface area contributed by atoms with Gasteiger partial charge in [0.2, 0.25) is 0 Å². The van der Waals surface area contributed by atoms with Gasteiger partial charge in [-0.2, -0.15) is 0 Å². The van der Waals surface area contributed by atoms with Crippen molar-refractivity contribution in [3.05, 3.63) is 81.3 Å². The number of methoxy groups -OCH3 is 1. The molecule has 0 aliphatic rings. The standard InChI is InChI=1S/C19H15ClN2O6/c1-26-15-9-12(8-13(10-15)22(24)25)21-19(23)18-7-6-14(28-18)11-27-17-5-3-2-4-16(17)20/h2-10H,11H2,1H3,(H,21,23). The number of nitro groups is 1. The summed E-state index contributed by atoms with van der Waals surface area (Å²) >= 11 is 6.02. The Kier molecular flexibility index (Phi) is 5.81. The highest BCUT2D eigenvalue weighted by molar-refractivity contribution is 6.32. The summed E-state index contributed by atoms with van der Waals surface area (Å²) in [5, 5.41) is 14.0. The van der Waals surface area contributed by atoms with Crippen molar-refractivity contribution in [2.75, 3.05) is 12.4 Å². The van der Waals surface area contributed by atoms with Gasteiger partial charge in [0.25, 0.3) is 11.6 Å². The van der Waals surface area contributed by atoms with Crippen molar-refractivity contribution in [1.29, 1.82) is 0 Å². The van der Waals surface area contributed by atoms with Gasteiger partial charge in [0.05, 0.1) is 28.8 Å². The number of nitrogens with zero attached hydrogens (tertiary/aromatic N) is 1. The molecular formula is C19H15ClN2O6. The van der Waals surface area contributed by atoms with Gasteiger partial charge in [-0.1, -0.05) is 23.7 Å². The van der Waals surface area contributed by atoms with Crippen molar-refractivity contribution in [3.8, 4) is 11.5 Å². The molecule has 28 heavy (non-hydrogen) atoms. The predicted molar refractivity (Wildman–Crippen MR) is 102 cm³/mol. The second kappa shape index (κ2) is 8.45. The molecule has 0 bridgehead atoms. The lowest BCUT2D eigenvalue weighted by atomic mass is 10.2. The van der Waals surface area contributed by atoms with E-state index >= 15 is 0 Å². The van der Waals surface area contributed by atoms with Crippen molar-refractivity contribution in [2.45, 2.75) is 6.61 Å². The third-order valence-electron chi connectivity index (χ3n) is 3.69. The topological polar surface area (TPSA) is 104 Å². The molecule has 0 saturated heterocycles. The van der Waals surface area contributed by atoms with Gasteiger partial charge in [0.1, 0.15) is 23.9 Å². The Morgan fingerprint density at radius 3 is 2.71 bits per heavy atom. The van der Waals surface area contributed by atoms with E-state index < -0.39 is 10.8 Å². The number of hydrogen-bond acceptors (Lipinski definition) is 6. The SMILES string of the molecule is COc1cc(NC(=O)c2ccc(COc3ccccc3Cl)o2)cc([N+](=O)[O-])c1. The molecule has 0 aliphatic carbocycles. The number of nitro benzene ring substituents is 1. The molecule has 0 fully saturated rings. The number of halogens is 1. The van der Waals surface area contributed by atoms with Crippen molar-refractivity contribution >= 4 is 28.9 Å². The molecule has 0 spiro atoms. The van der Waals surface area contributed by atoms with E-state index in [0.717, 1.165) is 0 Å². The smallest absolute Gasteiger partial charge is 0.291 e. The summed E-state index contributed by atoms with van der Waals surface area (Å²) in [5.41, 5.74) is 0.00393. The van der Waals surface area contributed by atoms with E-state index in [1.807, 2.05) is 0 Å². The Hall–Kier alpha value is -3.52. The van der Waals surface area contributed by atoms with Crippen LogP contribution < -0.4 is 14.8 Å². The number of amides is 1. The molecule has 144 valence electrons. The van der Waals surface area contributed by atoms with Crippen LogP contribution in [0.1, 0.15) is 16.3 Å². The van der Waals surface area contributed by atoms with Gasteiger partial charge >= 0.3 is 0 Å². The normalized spacial score (nSPS) is 10.4. The average Bonchev–Trinajstić information content (AvgIpc) is 3.16. The van der Waals surface area contributed by atoms with Gasteiger partial charge in [-0.25, -0.2) is 0 Å². The summed E-state index contributed by atoms with van der Waals surface area (Å²) in [6.07, 6.45) is 0. The monoisotopic (exact) mass is 402 g/mol. The first kappa shape index (κ1) is 19.2. The molecule has 2 aromatic carbocycles. The molecule has 0 unspecified atom stereocenters. The van der Waals surface area contributed by atoms with Gasteiger partial charge in [-0.05, 0) is 24.3 Å². The summed E-state index contributed by atoms with van der Waals surface area (Å²) in [7, 11) is 1.38. The highest BCUT2D eigenvalue weighted by atomic mass is 35.5. The van der Waals surface area contributed by atoms with Crippen LogP contribution in [0.3, 0.4) is 0 Å². The Bertz CT molecular complexity index is 1020. The minimum Gasteiger partial charge on any atom is -0.496 e. The van der Waals surface area contributed by atoms with Crippen LogP contribution in [0.2, 0.25) is 5.02 Å². The van der Waals surface area contributed by atoms with Crippen LogP contribution in [0.4, 0.5) is 11.4 Å². The maximum absolute atomic E-state index is 12.4. The molecule has 1 N–H and O–H groups in total. The lowest BCUT2D eigenvalue weighted by molar-refractivity contribution is -0.384. The number of furan rings is 1. The number of rotatable bonds is 7. The molecule has 8 nitrogen and oxygen atoms in total. The molecule has 1 amide bonds. The summed E-state index contributed by atoms with van der Waals surface area (Å²) in [6, 6.07) is 14.0. The minimum absolute atomic E-state index is 0.0308. The van der Waals surface area contributed by atoms with E-state index in [0.29, 0.717) is 16.5 Å². The van der Waals surface area contributed by atoms with Gasteiger partial charge in [-0.3, -0.25) is 14.9 Å². The Morgan fingerprint density at radius 1 is 1.21 bits per heavy atom. The van der Waals surface area contributed by atoms with Crippen LogP contribution in [0.5, 0.6) is 11.5 Å². The number of non-ortho nitro benzene ring substituents is 1. The fraction of sp³-hybridized carbons (Fsp3) is 0.105. The van der Waals surface area contributed by atoms with E-state index in [9.17, 15) is 14.9 Å². The van der Waals surface area contributed by atoms with E-state index in [1.54, 1.807) is 30.3 Å². The van der Waals surface area contributed by atoms with E-state index in [4.69, 9.17) is 25.5 Å². The Morgan fingerprint density at radius 2 is 2.00 bits per heavy atom. The first-order valence-corrected chi connectivity index (χ1v) is 8.45. The zero-order chi connectivity index (χ0) is 20.1. The number of anilines is 1. The number of benzene rings is 2. The van der Waals surface area contributed by atoms with Crippen LogP contribution in [0.25, 0.3) is 0 Å². The maximum atomic E-state index is 12.4. The van der Waals surface area contributed by atoms with Crippen LogP contribution in [-0.4, -0.2) is 17.9 Å². The van der Waals surface area contributed by atoms with E-state index in [1.165, 1.54) is 31.4 Å². The van der Waals surface area contributed by atoms with E-state index in [2.05, 4.69) is 5.32 Å². The number of nitrogens with one attached hydrogen (secondary N) is 1. The van der Waals surface area contributed by atoms with Crippen LogP contribution in [-0.2, 0) is 6.61 Å². The number of carbonyl (C=O) groups is 1. The zero-order valence-corrected chi connectivity index (χ0v) is 15.4.